The first-order chi connectivity index (χ1) is 9.47. The highest BCUT2D eigenvalue weighted by Gasteiger charge is 2.29. The van der Waals surface area contributed by atoms with Crippen LogP contribution in [-0.4, -0.2) is 11.8 Å². The molecular weight excluding hydrogens is 288 g/mol. The van der Waals surface area contributed by atoms with Gasteiger partial charge in [0.25, 0.3) is 0 Å². The number of esters is 1. The van der Waals surface area contributed by atoms with E-state index in [1.807, 2.05) is 32.0 Å². The highest BCUT2D eigenvalue weighted by Crippen LogP contribution is 2.30. The van der Waals surface area contributed by atoms with E-state index < -0.39 is 0 Å². The van der Waals surface area contributed by atoms with E-state index >= 15 is 0 Å². The van der Waals surface area contributed by atoms with E-state index in [2.05, 4.69) is 0 Å². The van der Waals surface area contributed by atoms with Gasteiger partial charge in [0, 0.05) is 5.92 Å². The molecule has 0 aliphatic heterocycles. The molecule has 1 fully saturated rings. The maximum atomic E-state index is 12.2. The van der Waals surface area contributed by atoms with Crippen LogP contribution in [0.25, 0.3) is 0 Å². The Bertz CT molecular complexity index is 523. The topological polar surface area (TPSA) is 76.2 Å². The molecule has 0 unspecified atom stereocenters. The van der Waals surface area contributed by atoms with E-state index in [1.54, 1.807) is 0 Å². The van der Waals surface area contributed by atoms with E-state index in [9.17, 15) is 4.79 Å². The molecule has 2 rings (SSSR count). The molecule has 0 heterocycles. The lowest BCUT2D eigenvalue weighted by Gasteiger charge is -2.26. The van der Waals surface area contributed by atoms with Crippen LogP contribution in [0.15, 0.2) is 18.2 Å². The summed E-state index contributed by atoms with van der Waals surface area (Å²) in [6.45, 7) is 3.96. The number of ether oxygens (including phenoxy) is 1. The quantitative estimate of drug-likeness (QED) is 0.389. The zero-order valence-electron chi connectivity index (χ0n) is 12.5. The van der Waals surface area contributed by atoms with Crippen LogP contribution in [0.4, 0.5) is 0 Å². The molecule has 4 nitrogen and oxygen atoms in total. The lowest BCUT2D eigenvalue weighted by atomic mass is 9.81. The monoisotopic (exact) mass is 310 g/mol. The van der Waals surface area contributed by atoms with Gasteiger partial charge in [0.1, 0.15) is 5.75 Å². The number of nitrogens with two attached hydrogens (primary N) is 1. The van der Waals surface area contributed by atoms with E-state index in [4.69, 9.17) is 15.9 Å². The third-order valence-corrected chi connectivity index (χ3v) is 4.04. The number of benzene rings is 1. The van der Waals surface area contributed by atoms with Gasteiger partial charge in [-0.05, 0) is 51.2 Å². The summed E-state index contributed by atoms with van der Waals surface area (Å²) in [6.07, 6.45) is 3.13. The minimum Gasteiger partial charge on any atom is -0.426 e. The normalized spacial score (nSPS) is 21.2. The van der Waals surface area contributed by atoms with Crippen LogP contribution in [0, 0.1) is 31.1 Å². The molecule has 1 aromatic carbocycles. The van der Waals surface area contributed by atoms with E-state index in [0.29, 0.717) is 5.75 Å². The minimum absolute atomic E-state index is 0. The first kappa shape index (κ1) is 17.5. The molecular formula is C16H23ClN2O2. The first-order valence-corrected chi connectivity index (χ1v) is 7.10. The molecule has 0 atom stereocenters. The fourth-order valence-corrected chi connectivity index (χ4v) is 2.75. The maximum Gasteiger partial charge on any atom is 0.314 e. The molecule has 116 valence electrons. The Kier molecular flexibility index (Phi) is 6.21. The number of hydrogen-bond donors (Lipinski definition) is 2. The number of amidine groups is 1. The molecule has 21 heavy (non-hydrogen) atoms. The Morgan fingerprint density at radius 2 is 1.76 bits per heavy atom. The summed E-state index contributed by atoms with van der Waals surface area (Å²) in [7, 11) is 0. The largest absolute Gasteiger partial charge is 0.426 e. The van der Waals surface area contributed by atoms with Crippen LogP contribution < -0.4 is 10.5 Å². The van der Waals surface area contributed by atoms with Gasteiger partial charge in [-0.1, -0.05) is 17.7 Å². The molecule has 3 N–H and O–H groups in total. The van der Waals surface area contributed by atoms with Crippen molar-refractivity contribution in [2.24, 2.45) is 17.6 Å². The second-order valence-electron chi connectivity index (χ2n) is 5.69. The zero-order valence-corrected chi connectivity index (χ0v) is 13.3. The number of carbonyl (C=O) groups is 1. The van der Waals surface area contributed by atoms with Crippen LogP contribution in [-0.2, 0) is 4.79 Å². The lowest BCUT2D eigenvalue weighted by molar-refractivity contribution is -0.140. The predicted molar refractivity (Wildman–Crippen MR) is 86.2 cm³/mol. The summed E-state index contributed by atoms with van der Waals surface area (Å²) < 4.78 is 5.51. The van der Waals surface area contributed by atoms with Gasteiger partial charge in [0.15, 0.2) is 0 Å². The third kappa shape index (κ3) is 4.46. The van der Waals surface area contributed by atoms with Gasteiger partial charge in [0.05, 0.1) is 11.8 Å². The van der Waals surface area contributed by atoms with Crippen molar-refractivity contribution in [3.8, 4) is 5.75 Å². The van der Waals surface area contributed by atoms with Crippen molar-refractivity contribution in [2.45, 2.75) is 39.5 Å². The molecule has 0 aromatic heterocycles. The number of aryl methyl sites for hydroxylation is 2. The number of halogens is 1. The fraction of sp³-hybridized carbons (Fsp3) is 0.500. The second kappa shape index (κ2) is 7.46. The Labute approximate surface area is 132 Å². The third-order valence-electron chi connectivity index (χ3n) is 4.04. The summed E-state index contributed by atoms with van der Waals surface area (Å²) >= 11 is 0. The Hall–Kier alpha value is -1.55. The van der Waals surface area contributed by atoms with Crippen molar-refractivity contribution in [3.05, 3.63) is 29.3 Å². The average molecular weight is 311 g/mol. The van der Waals surface area contributed by atoms with Crippen LogP contribution in [0.3, 0.4) is 0 Å². The van der Waals surface area contributed by atoms with Gasteiger partial charge >= 0.3 is 5.97 Å². The number of hydrogen-bond acceptors (Lipinski definition) is 3. The van der Waals surface area contributed by atoms with Gasteiger partial charge in [0.2, 0.25) is 0 Å². The van der Waals surface area contributed by atoms with Crippen molar-refractivity contribution in [2.75, 3.05) is 0 Å². The number of nitrogens with one attached hydrogen (secondary N) is 1. The highest BCUT2D eigenvalue weighted by molar-refractivity contribution is 5.85. The fourth-order valence-electron chi connectivity index (χ4n) is 2.75. The van der Waals surface area contributed by atoms with Gasteiger partial charge < -0.3 is 10.5 Å². The van der Waals surface area contributed by atoms with E-state index in [-0.39, 0.29) is 36.0 Å². The summed E-state index contributed by atoms with van der Waals surface area (Å²) in [5.41, 5.74) is 7.65. The first-order valence-electron chi connectivity index (χ1n) is 7.10. The molecule has 5 heteroatoms. The Morgan fingerprint density at radius 3 is 2.29 bits per heavy atom. The lowest BCUT2D eigenvalue weighted by Crippen LogP contribution is -2.31. The summed E-state index contributed by atoms with van der Waals surface area (Å²) in [4.78, 5) is 12.2. The van der Waals surface area contributed by atoms with Crippen molar-refractivity contribution in [1.29, 1.82) is 5.41 Å². The number of carbonyl (C=O) groups excluding carboxylic acids is 1. The van der Waals surface area contributed by atoms with E-state index in [1.165, 1.54) is 0 Å². The Morgan fingerprint density at radius 1 is 1.19 bits per heavy atom. The van der Waals surface area contributed by atoms with Crippen LogP contribution in [0.1, 0.15) is 36.8 Å². The molecule has 1 aliphatic carbocycles. The number of rotatable bonds is 3. The highest BCUT2D eigenvalue weighted by atomic mass is 35.5. The van der Waals surface area contributed by atoms with Gasteiger partial charge in [-0.2, -0.15) is 0 Å². The Balaban J connectivity index is 0.00000220. The molecule has 0 amide bonds. The van der Waals surface area contributed by atoms with Crippen molar-refractivity contribution in [1.82, 2.24) is 0 Å². The summed E-state index contributed by atoms with van der Waals surface area (Å²) in [5.74, 6) is 0.811. The summed E-state index contributed by atoms with van der Waals surface area (Å²) in [6, 6.07) is 5.81. The van der Waals surface area contributed by atoms with Crippen LogP contribution in [0.5, 0.6) is 5.75 Å². The predicted octanol–water partition coefficient (Wildman–Crippen LogP) is 3.37. The maximum absolute atomic E-state index is 12.2. The zero-order chi connectivity index (χ0) is 14.7. The molecule has 0 spiro atoms. The van der Waals surface area contributed by atoms with Gasteiger partial charge in [-0.15, -0.1) is 12.4 Å². The molecule has 0 radical (unpaired) electrons. The van der Waals surface area contributed by atoms with Crippen molar-refractivity contribution in [3.63, 3.8) is 0 Å². The van der Waals surface area contributed by atoms with Gasteiger partial charge in [-0.3, -0.25) is 10.2 Å². The standard InChI is InChI=1S/C16H22N2O2.ClH/c1-10-3-8-14(11(2)9-10)20-16(19)13-6-4-12(5-7-13)15(17)18;/h3,8-9,12-13H,4-7H2,1-2H3,(H3,17,18);1H. The average Bonchev–Trinajstić information content (AvgIpc) is 2.42. The molecule has 0 bridgehead atoms. The molecule has 1 aromatic rings. The van der Waals surface area contributed by atoms with Crippen LogP contribution >= 0.6 is 12.4 Å². The molecule has 1 aliphatic rings. The smallest absolute Gasteiger partial charge is 0.314 e. The van der Waals surface area contributed by atoms with Crippen molar-refractivity contribution >= 4 is 24.2 Å². The molecule has 1 saturated carbocycles. The molecule has 0 saturated heterocycles. The van der Waals surface area contributed by atoms with Crippen molar-refractivity contribution < 1.29 is 9.53 Å². The summed E-state index contributed by atoms with van der Waals surface area (Å²) in [5, 5.41) is 7.45. The van der Waals surface area contributed by atoms with E-state index in [0.717, 1.165) is 36.8 Å². The van der Waals surface area contributed by atoms with Gasteiger partial charge in [-0.25, -0.2) is 0 Å². The SMILES string of the molecule is Cc1ccc(OC(=O)C2CCC(C(=N)N)CC2)c(C)c1.Cl. The van der Waals surface area contributed by atoms with Crippen LogP contribution in [0.2, 0.25) is 0 Å². The second-order valence-corrected chi connectivity index (χ2v) is 5.69. The minimum atomic E-state index is -0.154.